The molecule has 4 heteroatoms. The van der Waals surface area contributed by atoms with Gasteiger partial charge in [-0.1, -0.05) is 44.6 Å². The van der Waals surface area contributed by atoms with Crippen molar-refractivity contribution in [3.8, 4) is 5.75 Å². The van der Waals surface area contributed by atoms with E-state index in [1.165, 1.54) is 12.8 Å². The Balaban J connectivity index is 2.17. The SMILES string of the molecule is CCCC(C)COCCOc1ccc(CC(N)=S)cc1. The van der Waals surface area contributed by atoms with E-state index >= 15 is 0 Å². The highest BCUT2D eigenvalue weighted by Crippen LogP contribution is 2.12. The predicted octanol–water partition coefficient (Wildman–Crippen LogP) is 3.35. The lowest BCUT2D eigenvalue weighted by Crippen LogP contribution is -2.12. The maximum Gasteiger partial charge on any atom is 0.119 e. The van der Waals surface area contributed by atoms with Crippen molar-refractivity contribution in [1.29, 1.82) is 0 Å². The van der Waals surface area contributed by atoms with E-state index in [-0.39, 0.29) is 0 Å². The molecule has 1 rings (SSSR count). The molecule has 3 nitrogen and oxygen atoms in total. The van der Waals surface area contributed by atoms with Gasteiger partial charge in [-0.15, -0.1) is 0 Å². The predicted molar refractivity (Wildman–Crippen MR) is 87.3 cm³/mol. The van der Waals surface area contributed by atoms with Gasteiger partial charge in [-0.25, -0.2) is 0 Å². The van der Waals surface area contributed by atoms with Crippen LogP contribution in [0.25, 0.3) is 0 Å². The zero-order valence-electron chi connectivity index (χ0n) is 12.4. The van der Waals surface area contributed by atoms with Gasteiger partial charge < -0.3 is 15.2 Å². The number of nitrogens with two attached hydrogens (primary N) is 1. The summed E-state index contributed by atoms with van der Waals surface area (Å²) in [7, 11) is 0. The van der Waals surface area contributed by atoms with Crippen LogP contribution in [-0.4, -0.2) is 24.8 Å². The molecule has 0 saturated heterocycles. The highest BCUT2D eigenvalue weighted by atomic mass is 32.1. The largest absolute Gasteiger partial charge is 0.491 e. The van der Waals surface area contributed by atoms with E-state index in [9.17, 15) is 0 Å². The van der Waals surface area contributed by atoms with Gasteiger partial charge >= 0.3 is 0 Å². The molecule has 0 heterocycles. The summed E-state index contributed by atoms with van der Waals surface area (Å²) in [6, 6.07) is 7.85. The Labute approximate surface area is 127 Å². The number of hydrogen-bond donors (Lipinski definition) is 1. The van der Waals surface area contributed by atoms with Crippen LogP contribution in [0, 0.1) is 5.92 Å². The molecule has 0 fully saturated rings. The van der Waals surface area contributed by atoms with Crippen molar-refractivity contribution in [3.63, 3.8) is 0 Å². The molecule has 0 spiro atoms. The minimum atomic E-state index is 0.508. The standard InChI is InChI=1S/C16H25NO2S/c1-3-4-13(2)12-18-9-10-19-15-7-5-14(6-8-15)11-16(17)20/h5-8,13H,3-4,9-12H2,1-2H3,(H2,17,20). The topological polar surface area (TPSA) is 44.5 Å². The third-order valence-corrected chi connectivity index (χ3v) is 3.13. The number of ether oxygens (including phenoxy) is 2. The molecule has 1 aromatic rings. The van der Waals surface area contributed by atoms with Gasteiger partial charge in [0.05, 0.1) is 11.6 Å². The first-order valence-electron chi connectivity index (χ1n) is 7.19. The molecular formula is C16H25NO2S. The van der Waals surface area contributed by atoms with Crippen molar-refractivity contribution in [3.05, 3.63) is 29.8 Å². The zero-order chi connectivity index (χ0) is 14.8. The second-order valence-electron chi connectivity index (χ2n) is 5.10. The van der Waals surface area contributed by atoms with Gasteiger partial charge in [0.1, 0.15) is 12.4 Å². The second kappa shape index (κ2) is 9.72. The molecule has 0 aliphatic rings. The third kappa shape index (κ3) is 7.46. The molecule has 0 aliphatic heterocycles. The smallest absolute Gasteiger partial charge is 0.119 e. The number of benzene rings is 1. The summed E-state index contributed by atoms with van der Waals surface area (Å²) >= 11 is 4.88. The Morgan fingerprint density at radius 1 is 1.25 bits per heavy atom. The number of hydrogen-bond acceptors (Lipinski definition) is 3. The van der Waals surface area contributed by atoms with Crippen molar-refractivity contribution < 1.29 is 9.47 Å². The Hall–Kier alpha value is -1.13. The van der Waals surface area contributed by atoms with Gasteiger partial charge in [-0.05, 0) is 30.0 Å². The van der Waals surface area contributed by atoms with Gasteiger partial charge in [0.25, 0.3) is 0 Å². The van der Waals surface area contributed by atoms with E-state index in [0.29, 0.717) is 30.5 Å². The van der Waals surface area contributed by atoms with E-state index in [1.54, 1.807) is 0 Å². The quantitative estimate of drug-likeness (QED) is 0.531. The summed E-state index contributed by atoms with van der Waals surface area (Å²) in [4.78, 5) is 0.508. The van der Waals surface area contributed by atoms with Crippen LogP contribution in [0.4, 0.5) is 0 Å². The summed E-state index contributed by atoms with van der Waals surface area (Å²) < 4.78 is 11.2. The van der Waals surface area contributed by atoms with Crippen molar-refractivity contribution in [2.75, 3.05) is 19.8 Å². The van der Waals surface area contributed by atoms with Gasteiger partial charge in [-0.3, -0.25) is 0 Å². The fourth-order valence-corrected chi connectivity index (χ4v) is 2.15. The summed E-state index contributed by atoms with van der Waals surface area (Å²) in [5.41, 5.74) is 6.61. The average Bonchev–Trinajstić information content (AvgIpc) is 2.40. The number of thiocarbonyl (C=S) groups is 1. The van der Waals surface area contributed by atoms with Crippen molar-refractivity contribution in [2.45, 2.75) is 33.1 Å². The first-order chi connectivity index (χ1) is 9.61. The molecule has 0 aliphatic carbocycles. The number of rotatable bonds is 10. The molecule has 0 bridgehead atoms. The van der Waals surface area contributed by atoms with E-state index < -0.39 is 0 Å². The van der Waals surface area contributed by atoms with Crippen molar-refractivity contribution in [1.82, 2.24) is 0 Å². The Morgan fingerprint density at radius 3 is 2.55 bits per heavy atom. The van der Waals surface area contributed by atoms with Gasteiger partial charge in [0.2, 0.25) is 0 Å². The third-order valence-electron chi connectivity index (χ3n) is 2.98. The highest BCUT2D eigenvalue weighted by Gasteiger charge is 2.01. The van der Waals surface area contributed by atoms with Crippen molar-refractivity contribution >= 4 is 17.2 Å². The van der Waals surface area contributed by atoms with Crippen LogP contribution >= 0.6 is 12.2 Å². The fourth-order valence-electron chi connectivity index (χ4n) is 1.98. The minimum absolute atomic E-state index is 0.508. The van der Waals surface area contributed by atoms with Crippen molar-refractivity contribution in [2.24, 2.45) is 11.7 Å². The lowest BCUT2D eigenvalue weighted by molar-refractivity contribution is 0.0758. The molecule has 0 amide bonds. The molecule has 1 atom stereocenters. The van der Waals surface area contributed by atoms with Gasteiger partial charge in [-0.2, -0.15) is 0 Å². The summed E-state index contributed by atoms with van der Waals surface area (Å²) in [5.74, 6) is 1.47. The highest BCUT2D eigenvalue weighted by molar-refractivity contribution is 7.80. The Bertz CT molecular complexity index is 392. The fraction of sp³-hybridized carbons (Fsp3) is 0.562. The zero-order valence-corrected chi connectivity index (χ0v) is 13.2. The molecule has 0 aromatic heterocycles. The molecule has 1 unspecified atom stereocenters. The first kappa shape index (κ1) is 16.9. The summed E-state index contributed by atoms with van der Waals surface area (Å²) in [6.45, 7) is 6.42. The lowest BCUT2D eigenvalue weighted by atomic mass is 10.1. The monoisotopic (exact) mass is 295 g/mol. The van der Waals surface area contributed by atoms with Crippen LogP contribution in [0.1, 0.15) is 32.3 Å². The Morgan fingerprint density at radius 2 is 1.95 bits per heavy atom. The van der Waals surface area contributed by atoms with E-state index in [1.807, 2.05) is 24.3 Å². The molecule has 112 valence electrons. The molecule has 2 N–H and O–H groups in total. The first-order valence-corrected chi connectivity index (χ1v) is 7.60. The van der Waals surface area contributed by atoms with Gasteiger partial charge in [0, 0.05) is 13.0 Å². The molecule has 0 radical (unpaired) electrons. The van der Waals surface area contributed by atoms with Crippen LogP contribution in [-0.2, 0) is 11.2 Å². The maximum absolute atomic E-state index is 5.62. The minimum Gasteiger partial charge on any atom is -0.491 e. The summed E-state index contributed by atoms with van der Waals surface area (Å²) in [6.07, 6.45) is 3.05. The van der Waals surface area contributed by atoms with Crippen LogP contribution in [0.2, 0.25) is 0 Å². The van der Waals surface area contributed by atoms with E-state index in [4.69, 9.17) is 27.4 Å². The van der Waals surface area contributed by atoms with E-state index in [0.717, 1.165) is 17.9 Å². The Kier molecular flexibility index (Phi) is 8.23. The van der Waals surface area contributed by atoms with Crippen LogP contribution in [0.15, 0.2) is 24.3 Å². The second-order valence-corrected chi connectivity index (χ2v) is 5.63. The van der Waals surface area contributed by atoms with E-state index in [2.05, 4.69) is 13.8 Å². The van der Waals surface area contributed by atoms with Crippen LogP contribution in [0.5, 0.6) is 5.75 Å². The normalized spacial score (nSPS) is 12.1. The molecular weight excluding hydrogens is 270 g/mol. The van der Waals surface area contributed by atoms with Crippen LogP contribution < -0.4 is 10.5 Å². The van der Waals surface area contributed by atoms with Crippen LogP contribution in [0.3, 0.4) is 0 Å². The average molecular weight is 295 g/mol. The molecule has 20 heavy (non-hydrogen) atoms. The summed E-state index contributed by atoms with van der Waals surface area (Å²) in [5, 5.41) is 0. The molecule has 1 aromatic carbocycles. The lowest BCUT2D eigenvalue weighted by Gasteiger charge is -2.11. The van der Waals surface area contributed by atoms with Gasteiger partial charge in [0.15, 0.2) is 0 Å². The molecule has 0 saturated carbocycles. The maximum atomic E-state index is 5.62.